The van der Waals surface area contributed by atoms with Gasteiger partial charge in [-0.2, -0.15) is 0 Å². The minimum absolute atomic E-state index is 0.241. The number of benzene rings is 1. The number of anilines is 1. The molecule has 1 unspecified atom stereocenters. The van der Waals surface area contributed by atoms with Gasteiger partial charge in [-0.3, -0.25) is 4.79 Å². The first-order chi connectivity index (χ1) is 10.6. The number of Topliss-reactive ketones (excluding diaryl/α,β-unsaturated/α-hetero) is 1. The highest BCUT2D eigenvalue weighted by Crippen LogP contribution is 2.23. The van der Waals surface area contributed by atoms with E-state index >= 15 is 0 Å². The molecule has 2 fully saturated rings. The van der Waals surface area contributed by atoms with Crippen molar-refractivity contribution in [2.75, 3.05) is 31.1 Å². The molecular formula is C16H23N3O2S. The molecule has 2 aliphatic rings. The molecule has 120 valence electrons. The van der Waals surface area contributed by atoms with Gasteiger partial charge in [0.2, 0.25) is 0 Å². The Labute approximate surface area is 134 Å². The van der Waals surface area contributed by atoms with E-state index in [1.807, 2.05) is 28.6 Å². The van der Waals surface area contributed by atoms with Crippen molar-refractivity contribution < 1.29 is 9.00 Å². The van der Waals surface area contributed by atoms with Crippen molar-refractivity contribution in [2.24, 2.45) is 5.73 Å². The summed E-state index contributed by atoms with van der Waals surface area (Å²) in [5.41, 5.74) is 6.97. The van der Waals surface area contributed by atoms with Crippen LogP contribution in [-0.4, -0.2) is 46.5 Å². The summed E-state index contributed by atoms with van der Waals surface area (Å²) in [5, 5.41) is 0. The number of hydrogen-bond donors (Lipinski definition) is 1. The molecule has 6 heteroatoms. The maximum absolute atomic E-state index is 12.7. The summed E-state index contributed by atoms with van der Waals surface area (Å²) in [6.45, 7) is 3.09. The number of rotatable bonds is 3. The van der Waals surface area contributed by atoms with Crippen LogP contribution in [0.15, 0.2) is 29.2 Å². The molecule has 0 bridgehead atoms. The van der Waals surface area contributed by atoms with Crippen molar-refractivity contribution >= 4 is 22.5 Å². The van der Waals surface area contributed by atoms with Crippen LogP contribution in [0.5, 0.6) is 0 Å². The lowest BCUT2D eigenvalue weighted by atomic mass is 10.1. The van der Waals surface area contributed by atoms with Gasteiger partial charge in [0.15, 0.2) is 0 Å². The molecule has 1 atom stereocenters. The normalized spacial score (nSPS) is 22.8. The third kappa shape index (κ3) is 3.56. The fourth-order valence-electron chi connectivity index (χ4n) is 2.99. The highest BCUT2D eigenvalue weighted by molar-refractivity contribution is 7.82. The molecule has 2 aliphatic heterocycles. The minimum Gasteiger partial charge on any atom is -0.371 e. The highest BCUT2D eigenvalue weighted by atomic mass is 32.2. The molecule has 0 radical (unpaired) electrons. The topological polar surface area (TPSA) is 66.6 Å². The number of hydrogen-bond acceptors (Lipinski definition) is 4. The molecule has 0 aliphatic carbocycles. The summed E-state index contributed by atoms with van der Waals surface area (Å²) in [6, 6.07) is 8.14. The second-order valence-electron chi connectivity index (χ2n) is 6.04. The van der Waals surface area contributed by atoms with Gasteiger partial charge in [-0.1, -0.05) is 6.07 Å². The summed E-state index contributed by atoms with van der Waals surface area (Å²) in [6.07, 6.45) is 3.02. The maximum Gasteiger partial charge on any atom is 0.136 e. The number of carbonyl (C=O) groups excluding carboxylic acids is 1. The molecule has 2 heterocycles. The van der Waals surface area contributed by atoms with Crippen LogP contribution in [0.1, 0.15) is 25.7 Å². The fourth-order valence-corrected chi connectivity index (χ4v) is 4.25. The monoisotopic (exact) mass is 321 g/mol. The van der Waals surface area contributed by atoms with Crippen molar-refractivity contribution in [3.05, 3.63) is 24.3 Å². The zero-order chi connectivity index (χ0) is 15.5. The van der Waals surface area contributed by atoms with E-state index in [0.29, 0.717) is 18.6 Å². The Bertz CT molecular complexity index is 560. The Balaban J connectivity index is 1.70. The van der Waals surface area contributed by atoms with Crippen LogP contribution in [0.3, 0.4) is 0 Å². The summed E-state index contributed by atoms with van der Waals surface area (Å²) >= 11 is 0. The van der Waals surface area contributed by atoms with E-state index in [1.165, 1.54) is 0 Å². The second-order valence-corrected chi connectivity index (χ2v) is 7.52. The van der Waals surface area contributed by atoms with Crippen LogP contribution in [0.2, 0.25) is 0 Å². The number of carbonyl (C=O) groups is 1. The summed E-state index contributed by atoms with van der Waals surface area (Å²) in [5.74, 6) is 0.334. The van der Waals surface area contributed by atoms with E-state index in [4.69, 9.17) is 5.73 Å². The smallest absolute Gasteiger partial charge is 0.136 e. The summed E-state index contributed by atoms with van der Waals surface area (Å²) in [7, 11) is -1.12. The van der Waals surface area contributed by atoms with Crippen LogP contribution >= 0.6 is 0 Å². The Morgan fingerprint density at radius 1 is 1.09 bits per heavy atom. The average molecular weight is 321 g/mol. The van der Waals surface area contributed by atoms with Gasteiger partial charge in [0.1, 0.15) is 16.8 Å². The van der Waals surface area contributed by atoms with E-state index in [-0.39, 0.29) is 6.04 Å². The van der Waals surface area contributed by atoms with Crippen molar-refractivity contribution in [2.45, 2.75) is 36.6 Å². The third-order valence-electron chi connectivity index (χ3n) is 4.44. The molecule has 2 saturated heterocycles. The molecule has 0 aromatic heterocycles. The number of nitrogens with zero attached hydrogens (tertiary/aromatic N) is 2. The minimum atomic E-state index is -1.12. The van der Waals surface area contributed by atoms with Crippen molar-refractivity contribution in [1.82, 2.24) is 4.31 Å². The van der Waals surface area contributed by atoms with Crippen molar-refractivity contribution in [3.8, 4) is 0 Å². The Kier molecular flexibility index (Phi) is 4.90. The van der Waals surface area contributed by atoms with Crippen LogP contribution < -0.4 is 10.6 Å². The molecule has 22 heavy (non-hydrogen) atoms. The SMILES string of the molecule is NC1CCN(S(=O)c2cccc(N3CCC(=O)CC3)c2)CC1. The second kappa shape index (κ2) is 6.89. The number of piperidine rings is 2. The first kappa shape index (κ1) is 15.6. The van der Waals surface area contributed by atoms with E-state index in [2.05, 4.69) is 4.90 Å². The van der Waals surface area contributed by atoms with E-state index in [9.17, 15) is 9.00 Å². The van der Waals surface area contributed by atoms with E-state index in [0.717, 1.165) is 49.6 Å². The van der Waals surface area contributed by atoms with E-state index < -0.39 is 11.0 Å². The lowest BCUT2D eigenvalue weighted by Gasteiger charge is -2.30. The lowest BCUT2D eigenvalue weighted by molar-refractivity contribution is -0.119. The van der Waals surface area contributed by atoms with Crippen molar-refractivity contribution in [1.29, 1.82) is 0 Å². The number of ketones is 1. The van der Waals surface area contributed by atoms with Crippen LogP contribution in [-0.2, 0) is 15.8 Å². The van der Waals surface area contributed by atoms with Crippen LogP contribution in [0.4, 0.5) is 5.69 Å². The number of nitrogens with two attached hydrogens (primary N) is 1. The first-order valence-electron chi connectivity index (χ1n) is 7.92. The van der Waals surface area contributed by atoms with Gasteiger partial charge in [0, 0.05) is 50.7 Å². The first-order valence-corrected chi connectivity index (χ1v) is 9.03. The average Bonchev–Trinajstić information content (AvgIpc) is 2.56. The third-order valence-corrected chi connectivity index (χ3v) is 5.93. The van der Waals surface area contributed by atoms with Gasteiger partial charge >= 0.3 is 0 Å². The Hall–Kier alpha value is -1.24. The molecule has 0 spiro atoms. The predicted octanol–water partition coefficient (Wildman–Crippen LogP) is 1.30. The van der Waals surface area contributed by atoms with E-state index in [1.54, 1.807) is 0 Å². The molecule has 3 rings (SSSR count). The molecule has 2 N–H and O–H groups in total. The molecule has 0 saturated carbocycles. The van der Waals surface area contributed by atoms with Crippen LogP contribution in [0, 0.1) is 0 Å². The van der Waals surface area contributed by atoms with Crippen LogP contribution in [0.25, 0.3) is 0 Å². The maximum atomic E-state index is 12.7. The molecular weight excluding hydrogens is 298 g/mol. The molecule has 0 amide bonds. The van der Waals surface area contributed by atoms with Gasteiger partial charge in [-0.05, 0) is 31.0 Å². The largest absolute Gasteiger partial charge is 0.371 e. The Morgan fingerprint density at radius 2 is 1.77 bits per heavy atom. The van der Waals surface area contributed by atoms with Gasteiger partial charge in [0.05, 0.1) is 4.90 Å². The van der Waals surface area contributed by atoms with Gasteiger partial charge in [-0.15, -0.1) is 0 Å². The highest BCUT2D eigenvalue weighted by Gasteiger charge is 2.23. The fraction of sp³-hybridized carbons (Fsp3) is 0.562. The lowest BCUT2D eigenvalue weighted by Crippen LogP contribution is -2.40. The summed E-state index contributed by atoms with van der Waals surface area (Å²) < 4.78 is 14.7. The molecule has 1 aromatic carbocycles. The predicted molar refractivity (Wildman–Crippen MR) is 88.1 cm³/mol. The van der Waals surface area contributed by atoms with Gasteiger partial charge in [-0.25, -0.2) is 8.51 Å². The standard InChI is InChI=1S/C16H23N3O2S/c17-13-4-10-19(11-5-13)22(21)16-3-1-2-14(12-16)18-8-6-15(20)7-9-18/h1-3,12-13H,4-11,17H2. The molecule has 1 aromatic rings. The zero-order valence-electron chi connectivity index (χ0n) is 12.7. The summed E-state index contributed by atoms with van der Waals surface area (Å²) in [4.78, 5) is 14.4. The molecule has 5 nitrogen and oxygen atoms in total. The Morgan fingerprint density at radius 3 is 2.45 bits per heavy atom. The van der Waals surface area contributed by atoms with Crippen molar-refractivity contribution in [3.63, 3.8) is 0 Å². The quantitative estimate of drug-likeness (QED) is 0.911. The van der Waals surface area contributed by atoms with Gasteiger partial charge < -0.3 is 10.6 Å². The van der Waals surface area contributed by atoms with Gasteiger partial charge in [0.25, 0.3) is 0 Å². The zero-order valence-corrected chi connectivity index (χ0v) is 13.6.